The Morgan fingerprint density at radius 3 is 2.11 bits per heavy atom. The molecule has 0 amide bonds. The van der Waals surface area contributed by atoms with Gasteiger partial charge in [-0.05, 0) is 24.8 Å². The van der Waals surface area contributed by atoms with Crippen LogP contribution in [-0.2, 0) is 10.0 Å². The van der Waals surface area contributed by atoms with Crippen LogP contribution in [0.5, 0.6) is 0 Å². The molecule has 1 aliphatic carbocycles. The van der Waals surface area contributed by atoms with Crippen LogP contribution in [-0.4, -0.2) is 63.1 Å². The topological polar surface area (TPSA) is 66.6 Å². The van der Waals surface area contributed by atoms with Gasteiger partial charge in [0.2, 0.25) is 10.0 Å². The van der Waals surface area contributed by atoms with Crippen LogP contribution in [0, 0.1) is 5.41 Å². The Hall–Kier alpha value is -0.170. The van der Waals surface area contributed by atoms with E-state index < -0.39 is 10.0 Å². The highest BCUT2D eigenvalue weighted by molar-refractivity contribution is 7.88. The molecule has 0 spiro atoms. The largest absolute Gasteiger partial charge is 0.330 e. The highest BCUT2D eigenvalue weighted by Crippen LogP contribution is 2.37. The van der Waals surface area contributed by atoms with Crippen LogP contribution in [0.1, 0.15) is 25.7 Å². The first-order valence-corrected chi connectivity index (χ1v) is 8.68. The number of rotatable bonds is 4. The predicted molar refractivity (Wildman–Crippen MR) is 72.8 cm³/mol. The highest BCUT2D eigenvalue weighted by atomic mass is 32.2. The molecule has 0 unspecified atom stereocenters. The molecule has 0 aromatic rings. The Morgan fingerprint density at radius 1 is 1.11 bits per heavy atom. The molecule has 0 atom stereocenters. The lowest BCUT2D eigenvalue weighted by molar-refractivity contribution is 0.120. The maximum atomic E-state index is 11.4. The molecular formula is C12H25N3O2S. The normalized spacial score (nSPS) is 26.6. The Morgan fingerprint density at radius 2 is 1.67 bits per heavy atom. The van der Waals surface area contributed by atoms with Crippen molar-refractivity contribution in [3.8, 4) is 0 Å². The summed E-state index contributed by atoms with van der Waals surface area (Å²) in [5, 5.41) is 0. The third kappa shape index (κ3) is 3.23. The molecule has 1 aliphatic heterocycles. The van der Waals surface area contributed by atoms with Crippen LogP contribution < -0.4 is 5.73 Å². The second-order valence-corrected chi connectivity index (χ2v) is 7.83. The van der Waals surface area contributed by atoms with Crippen molar-refractivity contribution in [2.24, 2.45) is 11.1 Å². The van der Waals surface area contributed by atoms with Gasteiger partial charge in [0.1, 0.15) is 0 Å². The van der Waals surface area contributed by atoms with Gasteiger partial charge in [-0.25, -0.2) is 8.42 Å². The highest BCUT2D eigenvalue weighted by Gasteiger charge is 2.35. The van der Waals surface area contributed by atoms with E-state index >= 15 is 0 Å². The van der Waals surface area contributed by atoms with Gasteiger partial charge in [0, 0.05) is 32.7 Å². The van der Waals surface area contributed by atoms with E-state index in [1.807, 2.05) is 0 Å². The average molecular weight is 275 g/mol. The van der Waals surface area contributed by atoms with Gasteiger partial charge in [-0.15, -0.1) is 0 Å². The summed E-state index contributed by atoms with van der Waals surface area (Å²) in [7, 11) is -3.02. The summed E-state index contributed by atoms with van der Waals surface area (Å²) in [6.07, 6.45) is 6.34. The molecule has 5 nitrogen and oxygen atoms in total. The van der Waals surface area contributed by atoms with Crippen molar-refractivity contribution in [2.75, 3.05) is 45.5 Å². The second-order valence-electron chi connectivity index (χ2n) is 5.85. The summed E-state index contributed by atoms with van der Waals surface area (Å²) in [4.78, 5) is 2.39. The quantitative estimate of drug-likeness (QED) is 0.789. The second kappa shape index (κ2) is 5.45. The van der Waals surface area contributed by atoms with Gasteiger partial charge in [-0.1, -0.05) is 12.8 Å². The van der Waals surface area contributed by atoms with E-state index in [1.54, 1.807) is 4.31 Å². The minimum Gasteiger partial charge on any atom is -0.330 e. The van der Waals surface area contributed by atoms with Gasteiger partial charge in [0.05, 0.1) is 6.26 Å². The number of piperazine rings is 1. The van der Waals surface area contributed by atoms with E-state index in [-0.39, 0.29) is 0 Å². The van der Waals surface area contributed by atoms with E-state index in [0.29, 0.717) is 18.5 Å². The molecule has 0 aromatic carbocycles. The van der Waals surface area contributed by atoms with E-state index in [4.69, 9.17) is 5.73 Å². The van der Waals surface area contributed by atoms with Crippen LogP contribution in [0.3, 0.4) is 0 Å². The molecule has 0 radical (unpaired) electrons. The average Bonchev–Trinajstić information content (AvgIpc) is 2.78. The Balaban J connectivity index is 1.87. The summed E-state index contributed by atoms with van der Waals surface area (Å²) in [5.41, 5.74) is 6.25. The first-order valence-electron chi connectivity index (χ1n) is 6.83. The van der Waals surface area contributed by atoms with Gasteiger partial charge >= 0.3 is 0 Å². The predicted octanol–water partition coefficient (Wildman–Crippen LogP) is 0.0827. The smallest absolute Gasteiger partial charge is 0.211 e. The van der Waals surface area contributed by atoms with E-state index in [0.717, 1.165) is 26.2 Å². The Labute approximate surface area is 110 Å². The molecule has 2 rings (SSSR count). The van der Waals surface area contributed by atoms with Crippen molar-refractivity contribution in [2.45, 2.75) is 25.7 Å². The van der Waals surface area contributed by atoms with Crippen molar-refractivity contribution in [1.82, 2.24) is 9.21 Å². The van der Waals surface area contributed by atoms with Crippen LogP contribution in [0.15, 0.2) is 0 Å². The molecule has 18 heavy (non-hydrogen) atoms. The molecule has 1 heterocycles. The number of sulfonamides is 1. The minimum atomic E-state index is -3.02. The van der Waals surface area contributed by atoms with E-state index in [1.165, 1.54) is 31.9 Å². The molecule has 2 aliphatic rings. The van der Waals surface area contributed by atoms with Gasteiger partial charge < -0.3 is 10.6 Å². The van der Waals surface area contributed by atoms with Crippen molar-refractivity contribution >= 4 is 10.0 Å². The summed E-state index contributed by atoms with van der Waals surface area (Å²) in [6.45, 7) is 4.74. The van der Waals surface area contributed by atoms with Crippen molar-refractivity contribution < 1.29 is 8.42 Å². The molecule has 0 bridgehead atoms. The zero-order chi connectivity index (χ0) is 13.2. The minimum absolute atomic E-state index is 0.299. The lowest BCUT2D eigenvalue weighted by Gasteiger charge is -2.39. The number of nitrogens with zero attached hydrogens (tertiary/aromatic N) is 2. The fraction of sp³-hybridized carbons (Fsp3) is 1.00. The van der Waals surface area contributed by atoms with E-state index in [2.05, 4.69) is 4.90 Å². The lowest BCUT2D eigenvalue weighted by atomic mass is 9.85. The summed E-state index contributed by atoms with van der Waals surface area (Å²) in [6, 6.07) is 0. The summed E-state index contributed by atoms with van der Waals surface area (Å²) >= 11 is 0. The number of hydrogen-bond donors (Lipinski definition) is 1. The lowest BCUT2D eigenvalue weighted by Crippen LogP contribution is -2.51. The number of hydrogen-bond acceptors (Lipinski definition) is 4. The molecule has 6 heteroatoms. The van der Waals surface area contributed by atoms with Crippen molar-refractivity contribution in [1.29, 1.82) is 0 Å². The molecule has 0 aromatic heterocycles. The SMILES string of the molecule is CS(=O)(=O)N1CCN(CC2(CN)CCCC2)CC1. The van der Waals surface area contributed by atoms with Crippen LogP contribution in [0.2, 0.25) is 0 Å². The summed E-state index contributed by atoms with van der Waals surface area (Å²) < 4.78 is 24.5. The first kappa shape index (κ1) is 14.2. The maximum absolute atomic E-state index is 11.4. The van der Waals surface area contributed by atoms with Gasteiger partial charge in [0.15, 0.2) is 0 Å². The van der Waals surface area contributed by atoms with Crippen LogP contribution in [0.25, 0.3) is 0 Å². The molecule has 1 saturated heterocycles. The Kier molecular flexibility index (Phi) is 4.31. The monoisotopic (exact) mass is 275 g/mol. The van der Waals surface area contributed by atoms with Crippen molar-refractivity contribution in [3.05, 3.63) is 0 Å². The van der Waals surface area contributed by atoms with Crippen molar-refractivity contribution in [3.63, 3.8) is 0 Å². The first-order chi connectivity index (χ1) is 8.45. The zero-order valence-corrected chi connectivity index (χ0v) is 12.1. The molecule has 2 fully saturated rings. The fourth-order valence-corrected chi connectivity index (χ4v) is 4.07. The molecular weight excluding hydrogens is 250 g/mol. The maximum Gasteiger partial charge on any atom is 0.211 e. The number of nitrogens with two attached hydrogens (primary N) is 1. The Bertz CT molecular complexity index is 369. The van der Waals surface area contributed by atoms with Gasteiger partial charge in [-0.2, -0.15) is 4.31 Å². The molecule has 1 saturated carbocycles. The third-order valence-corrected chi connectivity index (χ3v) is 5.76. The fourth-order valence-electron chi connectivity index (χ4n) is 3.25. The van der Waals surface area contributed by atoms with Crippen LogP contribution in [0.4, 0.5) is 0 Å². The standard InChI is InChI=1S/C12H25N3O2S/c1-18(16,17)15-8-6-14(7-9-15)11-12(10-13)4-2-3-5-12/h2-11,13H2,1H3. The van der Waals surface area contributed by atoms with Crippen LogP contribution >= 0.6 is 0 Å². The van der Waals surface area contributed by atoms with E-state index in [9.17, 15) is 8.42 Å². The van der Waals surface area contributed by atoms with Gasteiger partial charge in [-0.3, -0.25) is 0 Å². The third-order valence-electron chi connectivity index (χ3n) is 4.46. The zero-order valence-electron chi connectivity index (χ0n) is 11.3. The van der Waals surface area contributed by atoms with Gasteiger partial charge in [0.25, 0.3) is 0 Å². The molecule has 106 valence electrons. The summed E-state index contributed by atoms with van der Waals surface area (Å²) in [5.74, 6) is 0. The molecule has 2 N–H and O–H groups in total.